The molecule has 0 bridgehead atoms. The van der Waals surface area contributed by atoms with E-state index in [2.05, 4.69) is 0 Å². The van der Waals surface area contributed by atoms with Crippen molar-refractivity contribution >= 4 is 0 Å². The fraction of sp³-hybridized carbons (Fsp3) is 0.600. The summed E-state index contributed by atoms with van der Waals surface area (Å²) in [5.41, 5.74) is 0. The molecule has 0 spiro atoms. The molecule has 0 aliphatic carbocycles. The zero-order valence-corrected chi connectivity index (χ0v) is 4.11. The molecule has 1 heteroatoms. The fourth-order valence-corrected chi connectivity index (χ4v) is 0.265. The first-order chi connectivity index (χ1) is 2.77. The minimum absolute atomic E-state index is 0.782. The van der Waals surface area contributed by atoms with Gasteiger partial charge >= 0.3 is 0 Å². The van der Waals surface area contributed by atoms with Crippen molar-refractivity contribution in [1.29, 1.82) is 0 Å². The molecule has 0 aromatic heterocycles. The van der Waals surface area contributed by atoms with Crippen LogP contribution in [0.1, 0.15) is 13.8 Å². The van der Waals surface area contributed by atoms with Crippen LogP contribution < -0.4 is 0 Å². The molecule has 0 rings (SSSR count). The summed E-state index contributed by atoms with van der Waals surface area (Å²) >= 11 is 0. The molecule has 0 radical (unpaired) electrons. The van der Waals surface area contributed by atoms with E-state index in [1.807, 2.05) is 0 Å². The summed E-state index contributed by atoms with van der Waals surface area (Å²) in [5, 5.41) is 0. The Morgan fingerprint density at radius 3 is 2.17 bits per heavy atom. The second-order valence-corrected chi connectivity index (χ2v) is 1.20. The highest BCUT2D eigenvalue weighted by molar-refractivity contribution is 4.82. The van der Waals surface area contributed by atoms with E-state index in [0.29, 0.717) is 0 Å². The van der Waals surface area contributed by atoms with Crippen LogP contribution in [0.3, 0.4) is 0 Å². The van der Waals surface area contributed by atoms with Crippen molar-refractivity contribution in [2.24, 2.45) is 0 Å². The molecular formula is C5H9F. The summed E-state index contributed by atoms with van der Waals surface area (Å²) in [4.78, 5) is 0. The number of hydrogen-bond donors (Lipinski definition) is 0. The Hall–Kier alpha value is -0.330. The lowest BCUT2D eigenvalue weighted by molar-refractivity contribution is 0.430. The number of allylic oxidation sites excluding steroid dienone is 2. The average Bonchev–Trinajstić information content (AvgIpc) is 1.35. The molecule has 0 saturated heterocycles. The Morgan fingerprint density at radius 2 is 2.17 bits per heavy atom. The maximum absolute atomic E-state index is 11.6. The summed E-state index contributed by atoms with van der Waals surface area (Å²) in [6.45, 7) is 3.30. The lowest BCUT2D eigenvalue weighted by Crippen LogP contribution is -1.79. The van der Waals surface area contributed by atoms with Crippen LogP contribution in [0.5, 0.6) is 0 Å². The zero-order chi connectivity index (χ0) is 4.99. The molecule has 0 amide bonds. The van der Waals surface area contributed by atoms with Crippen LogP contribution in [0, 0.1) is 0 Å². The van der Waals surface area contributed by atoms with Crippen LogP contribution >= 0.6 is 0 Å². The number of hydrogen-bond acceptors (Lipinski definition) is 0. The van der Waals surface area contributed by atoms with Crippen molar-refractivity contribution < 1.29 is 4.39 Å². The van der Waals surface area contributed by atoms with E-state index >= 15 is 0 Å². The van der Waals surface area contributed by atoms with Crippen molar-refractivity contribution in [2.45, 2.75) is 20.0 Å². The molecule has 0 aliphatic heterocycles. The van der Waals surface area contributed by atoms with Gasteiger partial charge in [-0.05, 0) is 13.8 Å². The summed E-state index contributed by atoms with van der Waals surface area (Å²) in [5.74, 6) is 0. The monoisotopic (exact) mass is 88.1 g/mol. The van der Waals surface area contributed by atoms with E-state index in [0.717, 1.165) is 0 Å². The zero-order valence-electron chi connectivity index (χ0n) is 4.11. The Labute approximate surface area is 37.7 Å². The Bertz CT molecular complexity index is 45.9. The molecule has 0 heterocycles. The smallest absolute Gasteiger partial charge is 0.115 e. The van der Waals surface area contributed by atoms with Crippen LogP contribution in [0.4, 0.5) is 4.39 Å². The first-order valence-electron chi connectivity index (χ1n) is 2.04. The summed E-state index contributed by atoms with van der Waals surface area (Å²) < 4.78 is 11.6. The average molecular weight is 88.1 g/mol. The molecule has 1 atom stereocenters. The lowest BCUT2D eigenvalue weighted by Gasteiger charge is -1.82. The van der Waals surface area contributed by atoms with Gasteiger partial charge in [0, 0.05) is 0 Å². The first kappa shape index (κ1) is 5.67. The molecule has 1 unspecified atom stereocenters. The maximum atomic E-state index is 11.6. The van der Waals surface area contributed by atoms with Crippen molar-refractivity contribution in [3.8, 4) is 0 Å². The summed E-state index contributed by atoms with van der Waals surface area (Å²) in [6.07, 6.45) is 2.42. The van der Waals surface area contributed by atoms with Gasteiger partial charge in [0.2, 0.25) is 0 Å². The third-order valence-electron chi connectivity index (χ3n) is 0.458. The van der Waals surface area contributed by atoms with Gasteiger partial charge in [0.1, 0.15) is 6.17 Å². The molecule has 0 aliphatic rings. The Kier molecular flexibility index (Phi) is 2.73. The van der Waals surface area contributed by atoms with Gasteiger partial charge in [-0.1, -0.05) is 12.2 Å². The van der Waals surface area contributed by atoms with Crippen LogP contribution in [0.15, 0.2) is 12.2 Å². The van der Waals surface area contributed by atoms with Crippen molar-refractivity contribution in [1.82, 2.24) is 0 Å². The highest BCUT2D eigenvalue weighted by Crippen LogP contribution is 1.86. The third kappa shape index (κ3) is 3.67. The summed E-state index contributed by atoms with van der Waals surface area (Å²) in [6, 6.07) is 0. The van der Waals surface area contributed by atoms with E-state index in [4.69, 9.17) is 0 Å². The first-order valence-corrected chi connectivity index (χ1v) is 2.04. The van der Waals surface area contributed by atoms with Gasteiger partial charge in [-0.15, -0.1) is 0 Å². The van der Waals surface area contributed by atoms with Gasteiger partial charge in [-0.3, -0.25) is 0 Å². The van der Waals surface area contributed by atoms with Crippen molar-refractivity contribution in [3.63, 3.8) is 0 Å². The van der Waals surface area contributed by atoms with Crippen molar-refractivity contribution in [2.75, 3.05) is 0 Å². The predicted molar refractivity (Wildman–Crippen MR) is 25.4 cm³/mol. The minimum Gasteiger partial charge on any atom is -0.243 e. The van der Waals surface area contributed by atoms with Gasteiger partial charge < -0.3 is 0 Å². The molecule has 0 aromatic rings. The van der Waals surface area contributed by atoms with Gasteiger partial charge in [-0.25, -0.2) is 4.39 Å². The topological polar surface area (TPSA) is 0 Å². The number of halogens is 1. The van der Waals surface area contributed by atoms with Crippen LogP contribution in [-0.2, 0) is 0 Å². The molecule has 6 heavy (non-hydrogen) atoms. The Morgan fingerprint density at radius 1 is 1.67 bits per heavy atom. The molecular weight excluding hydrogens is 79.1 g/mol. The SMILES string of the molecule is C/C=C\C(C)F. The third-order valence-corrected chi connectivity index (χ3v) is 0.458. The minimum atomic E-state index is -0.782. The number of rotatable bonds is 1. The van der Waals surface area contributed by atoms with Gasteiger partial charge in [0.15, 0.2) is 0 Å². The van der Waals surface area contributed by atoms with E-state index in [9.17, 15) is 4.39 Å². The quantitative estimate of drug-likeness (QED) is 0.429. The highest BCUT2D eigenvalue weighted by Gasteiger charge is 1.81. The lowest BCUT2D eigenvalue weighted by atomic mass is 10.4. The van der Waals surface area contributed by atoms with Gasteiger partial charge in [-0.2, -0.15) is 0 Å². The number of alkyl halides is 1. The van der Waals surface area contributed by atoms with Gasteiger partial charge in [0.05, 0.1) is 0 Å². The molecule has 0 N–H and O–H groups in total. The van der Waals surface area contributed by atoms with Crippen molar-refractivity contribution in [3.05, 3.63) is 12.2 Å². The molecule has 0 nitrogen and oxygen atoms in total. The largest absolute Gasteiger partial charge is 0.243 e. The second kappa shape index (κ2) is 2.88. The standard InChI is InChI=1S/C5H9F/c1-3-4-5(2)6/h3-5H,1-2H3/b4-3-. The summed E-state index contributed by atoms with van der Waals surface area (Å²) in [7, 11) is 0. The van der Waals surface area contributed by atoms with E-state index in [-0.39, 0.29) is 0 Å². The second-order valence-electron chi connectivity index (χ2n) is 1.20. The van der Waals surface area contributed by atoms with Crippen LogP contribution in [-0.4, -0.2) is 6.17 Å². The van der Waals surface area contributed by atoms with Gasteiger partial charge in [0.25, 0.3) is 0 Å². The maximum Gasteiger partial charge on any atom is 0.115 e. The van der Waals surface area contributed by atoms with E-state index in [1.165, 1.54) is 13.0 Å². The van der Waals surface area contributed by atoms with Crippen LogP contribution in [0.2, 0.25) is 0 Å². The normalized spacial score (nSPS) is 15.8. The van der Waals surface area contributed by atoms with E-state index < -0.39 is 6.17 Å². The highest BCUT2D eigenvalue weighted by atomic mass is 19.1. The molecule has 0 fully saturated rings. The molecule has 0 saturated carbocycles. The Balaban J connectivity index is 3.03. The van der Waals surface area contributed by atoms with E-state index in [1.54, 1.807) is 13.0 Å². The molecule has 0 aromatic carbocycles. The fourth-order valence-electron chi connectivity index (χ4n) is 0.265. The molecule has 36 valence electrons. The predicted octanol–water partition coefficient (Wildman–Crippen LogP) is 1.92. The van der Waals surface area contributed by atoms with Crippen LogP contribution in [0.25, 0.3) is 0 Å².